The number of halogens is 1. The normalized spacial score (nSPS) is 16.8. The highest BCUT2D eigenvalue weighted by molar-refractivity contribution is 7.99. The minimum Gasteiger partial charge on any atom is -0.453 e. The number of aromatic nitrogens is 2. The van der Waals surface area contributed by atoms with Gasteiger partial charge in [0.15, 0.2) is 0 Å². The molecule has 240 valence electrons. The smallest absolute Gasteiger partial charge is 0.407 e. The molecule has 46 heavy (non-hydrogen) atoms. The SMILES string of the molecule is COC(=O)N[C@@H](CC(c1ccccc1)c1ccccc1)C(=O)Nc1cccnc1CCC1CNC[C@@H](CSc2ncccc2Cl)O1. The Kier molecular flexibility index (Phi) is 12.4. The third-order valence-electron chi connectivity index (χ3n) is 7.78. The molecule has 1 aliphatic rings. The zero-order valence-corrected chi connectivity index (χ0v) is 27.2. The molecule has 2 aromatic heterocycles. The third kappa shape index (κ3) is 9.53. The van der Waals surface area contributed by atoms with Crippen LogP contribution in [0.4, 0.5) is 10.5 Å². The molecule has 0 spiro atoms. The number of hydrogen-bond donors (Lipinski definition) is 3. The molecule has 9 nitrogen and oxygen atoms in total. The summed E-state index contributed by atoms with van der Waals surface area (Å²) in [6.07, 6.45) is 4.41. The molecule has 3 N–H and O–H groups in total. The Hall–Kier alpha value is -3.96. The van der Waals surface area contributed by atoms with Gasteiger partial charge in [0.25, 0.3) is 0 Å². The van der Waals surface area contributed by atoms with Crippen molar-refractivity contribution in [1.82, 2.24) is 20.6 Å². The number of methoxy groups -OCH3 is 1. The summed E-state index contributed by atoms with van der Waals surface area (Å²) in [4.78, 5) is 35.1. The molecule has 4 aromatic rings. The van der Waals surface area contributed by atoms with Gasteiger partial charge in [0.1, 0.15) is 11.1 Å². The number of carbonyl (C=O) groups excluding carboxylic acids is 2. The molecule has 1 aliphatic heterocycles. The van der Waals surface area contributed by atoms with Gasteiger partial charge in [0.2, 0.25) is 5.91 Å². The molecule has 11 heteroatoms. The average Bonchev–Trinajstić information content (AvgIpc) is 3.10. The summed E-state index contributed by atoms with van der Waals surface area (Å²) in [5.41, 5.74) is 3.43. The van der Waals surface area contributed by atoms with Crippen molar-refractivity contribution in [3.63, 3.8) is 0 Å². The summed E-state index contributed by atoms with van der Waals surface area (Å²) in [6, 6.07) is 26.3. The summed E-state index contributed by atoms with van der Waals surface area (Å²) < 4.78 is 11.3. The molecule has 1 unspecified atom stereocenters. The molecule has 3 atom stereocenters. The van der Waals surface area contributed by atoms with Crippen LogP contribution in [0.1, 0.15) is 35.6 Å². The number of amides is 2. The number of rotatable bonds is 13. The minimum absolute atomic E-state index is 0.0112. The van der Waals surface area contributed by atoms with Crippen molar-refractivity contribution in [2.45, 2.75) is 48.5 Å². The molecule has 5 rings (SSSR count). The molecule has 2 amide bonds. The number of carbonyl (C=O) groups is 2. The lowest BCUT2D eigenvalue weighted by Gasteiger charge is -2.31. The van der Waals surface area contributed by atoms with E-state index in [-0.39, 0.29) is 24.0 Å². The summed E-state index contributed by atoms with van der Waals surface area (Å²) in [7, 11) is 1.29. The van der Waals surface area contributed by atoms with Gasteiger partial charge < -0.3 is 25.4 Å². The maximum absolute atomic E-state index is 13.8. The molecule has 0 radical (unpaired) electrons. The van der Waals surface area contributed by atoms with E-state index in [1.54, 1.807) is 30.2 Å². The lowest BCUT2D eigenvalue weighted by molar-refractivity contribution is -0.118. The number of nitrogens with zero attached hydrogens (tertiary/aromatic N) is 2. The predicted octanol–water partition coefficient (Wildman–Crippen LogP) is 6.10. The van der Waals surface area contributed by atoms with E-state index < -0.39 is 12.1 Å². The molecule has 0 aliphatic carbocycles. The fourth-order valence-corrected chi connectivity index (χ4v) is 6.63. The van der Waals surface area contributed by atoms with E-state index in [4.69, 9.17) is 21.1 Å². The van der Waals surface area contributed by atoms with Crippen LogP contribution in [0.25, 0.3) is 0 Å². The Morgan fingerprint density at radius 3 is 2.33 bits per heavy atom. The van der Waals surface area contributed by atoms with Crippen LogP contribution in [0.3, 0.4) is 0 Å². The Morgan fingerprint density at radius 1 is 0.957 bits per heavy atom. The number of nitrogens with one attached hydrogen (secondary N) is 3. The first-order valence-corrected chi connectivity index (χ1v) is 16.6. The van der Waals surface area contributed by atoms with Gasteiger partial charge in [-0.05, 0) is 54.7 Å². The molecule has 0 bridgehead atoms. The third-order valence-corrected chi connectivity index (χ3v) is 9.33. The Bertz CT molecular complexity index is 1530. The molecule has 0 saturated carbocycles. The van der Waals surface area contributed by atoms with Crippen molar-refractivity contribution in [3.05, 3.63) is 119 Å². The van der Waals surface area contributed by atoms with Crippen LogP contribution in [0.15, 0.2) is 102 Å². The van der Waals surface area contributed by atoms with Crippen LogP contribution in [-0.2, 0) is 20.7 Å². The first-order chi connectivity index (χ1) is 22.5. The van der Waals surface area contributed by atoms with Crippen LogP contribution < -0.4 is 16.0 Å². The fraction of sp³-hybridized carbons (Fsp3) is 0.314. The van der Waals surface area contributed by atoms with Gasteiger partial charge in [0, 0.05) is 37.2 Å². The van der Waals surface area contributed by atoms with Crippen LogP contribution in [0.5, 0.6) is 0 Å². The summed E-state index contributed by atoms with van der Waals surface area (Å²) in [6.45, 7) is 1.48. The zero-order valence-electron chi connectivity index (χ0n) is 25.6. The highest BCUT2D eigenvalue weighted by Gasteiger charge is 2.28. The van der Waals surface area contributed by atoms with Crippen molar-refractivity contribution in [3.8, 4) is 0 Å². The maximum Gasteiger partial charge on any atom is 0.407 e. The van der Waals surface area contributed by atoms with Crippen LogP contribution in [0.2, 0.25) is 5.02 Å². The molecule has 2 aromatic carbocycles. The number of hydrogen-bond acceptors (Lipinski definition) is 8. The number of ether oxygens (including phenoxy) is 2. The summed E-state index contributed by atoms with van der Waals surface area (Å²) in [5, 5.41) is 10.7. The van der Waals surface area contributed by atoms with E-state index in [9.17, 15) is 9.59 Å². The fourth-order valence-electron chi connectivity index (χ4n) is 5.46. The minimum atomic E-state index is -0.873. The lowest BCUT2D eigenvalue weighted by Crippen LogP contribution is -2.46. The summed E-state index contributed by atoms with van der Waals surface area (Å²) in [5.74, 6) is 0.240. The quantitative estimate of drug-likeness (QED) is 0.148. The molecule has 1 saturated heterocycles. The van der Waals surface area contributed by atoms with Gasteiger partial charge >= 0.3 is 6.09 Å². The predicted molar refractivity (Wildman–Crippen MR) is 181 cm³/mol. The van der Waals surface area contributed by atoms with Crippen LogP contribution in [0, 0.1) is 0 Å². The van der Waals surface area contributed by atoms with Crippen molar-refractivity contribution < 1.29 is 19.1 Å². The van der Waals surface area contributed by atoms with Crippen LogP contribution >= 0.6 is 23.4 Å². The second-order valence-corrected chi connectivity index (χ2v) is 12.4. The highest BCUT2D eigenvalue weighted by atomic mass is 35.5. The average molecular weight is 660 g/mol. The molecular weight excluding hydrogens is 622 g/mol. The first-order valence-electron chi connectivity index (χ1n) is 15.3. The van der Waals surface area contributed by atoms with Crippen molar-refractivity contribution >= 4 is 41.1 Å². The van der Waals surface area contributed by atoms with Gasteiger partial charge in [-0.1, -0.05) is 72.3 Å². The number of pyridine rings is 2. The van der Waals surface area contributed by atoms with E-state index in [1.165, 1.54) is 7.11 Å². The second kappa shape index (κ2) is 17.1. The number of morpholine rings is 1. The van der Waals surface area contributed by atoms with Gasteiger partial charge in [-0.15, -0.1) is 11.8 Å². The number of anilines is 1. The van der Waals surface area contributed by atoms with Gasteiger partial charge in [-0.25, -0.2) is 9.78 Å². The van der Waals surface area contributed by atoms with Crippen LogP contribution in [-0.4, -0.2) is 66.2 Å². The Morgan fingerprint density at radius 2 is 1.63 bits per heavy atom. The van der Waals surface area contributed by atoms with Crippen molar-refractivity contribution in [2.24, 2.45) is 0 Å². The number of alkyl carbamates (subject to hydrolysis) is 1. The van der Waals surface area contributed by atoms with E-state index >= 15 is 0 Å². The lowest BCUT2D eigenvalue weighted by atomic mass is 9.85. The van der Waals surface area contributed by atoms with E-state index in [0.717, 1.165) is 40.7 Å². The monoisotopic (exact) mass is 659 g/mol. The highest BCUT2D eigenvalue weighted by Crippen LogP contribution is 2.30. The first kappa shape index (κ1) is 33.4. The molecule has 1 fully saturated rings. The van der Waals surface area contributed by atoms with E-state index in [1.807, 2.05) is 78.9 Å². The van der Waals surface area contributed by atoms with E-state index in [0.29, 0.717) is 30.0 Å². The number of thioether (sulfide) groups is 1. The van der Waals surface area contributed by atoms with E-state index in [2.05, 4.69) is 25.9 Å². The maximum atomic E-state index is 13.8. The molecular formula is C35H38ClN5O4S. The van der Waals surface area contributed by atoms with Gasteiger partial charge in [-0.2, -0.15) is 0 Å². The second-order valence-electron chi connectivity index (χ2n) is 11.0. The topological polar surface area (TPSA) is 114 Å². The number of benzene rings is 2. The van der Waals surface area contributed by atoms with Crippen molar-refractivity contribution in [1.29, 1.82) is 0 Å². The Labute approximate surface area is 278 Å². The summed E-state index contributed by atoms with van der Waals surface area (Å²) >= 11 is 7.85. The zero-order chi connectivity index (χ0) is 32.1. The van der Waals surface area contributed by atoms with Gasteiger partial charge in [0.05, 0.1) is 35.7 Å². The largest absolute Gasteiger partial charge is 0.453 e. The number of aryl methyl sites for hydroxylation is 1. The van der Waals surface area contributed by atoms with Gasteiger partial charge in [-0.3, -0.25) is 9.78 Å². The Balaban J connectivity index is 1.24. The van der Waals surface area contributed by atoms with Crippen molar-refractivity contribution in [2.75, 3.05) is 31.3 Å². The molecule has 3 heterocycles. The standard InChI is InChI=1S/C35H38ClN5O4S/c1-44-35(43)41-32(20-28(24-10-4-2-5-11-24)25-12-6-3-7-13-25)33(42)40-31-15-9-18-38-30(31)17-16-26-21-37-22-27(45-26)23-46-34-29(36)14-8-19-39-34/h2-15,18-19,26-28,32,37H,16-17,20-23H2,1H3,(H,40,42)(H,41,43)/t26?,27-,32-/m0/s1.